The van der Waals surface area contributed by atoms with Gasteiger partial charge in [-0.2, -0.15) is 0 Å². The summed E-state index contributed by atoms with van der Waals surface area (Å²) in [5, 5.41) is 2.80. The molecule has 5 heteroatoms. The van der Waals surface area contributed by atoms with E-state index < -0.39 is 11.7 Å². The minimum Gasteiger partial charge on any atom is -0.496 e. The number of hydrogen-bond donors (Lipinski definition) is 2. The molecule has 1 unspecified atom stereocenters. The van der Waals surface area contributed by atoms with Gasteiger partial charge >= 0.3 is 6.09 Å². The summed E-state index contributed by atoms with van der Waals surface area (Å²) in [5.74, 6) is 0.854. The van der Waals surface area contributed by atoms with E-state index in [1.165, 1.54) is 0 Å². The first kappa shape index (κ1) is 17.3. The molecule has 0 radical (unpaired) electrons. The largest absolute Gasteiger partial charge is 0.496 e. The van der Waals surface area contributed by atoms with Crippen LogP contribution in [0.2, 0.25) is 0 Å². The summed E-state index contributed by atoms with van der Waals surface area (Å²) in [6, 6.07) is 3.66. The molecule has 1 aromatic rings. The third-order valence-electron chi connectivity index (χ3n) is 3.02. The van der Waals surface area contributed by atoms with Crippen LogP contribution < -0.4 is 15.8 Å². The zero-order valence-electron chi connectivity index (χ0n) is 13.7. The number of aryl methyl sites for hydroxylation is 2. The van der Waals surface area contributed by atoms with Crippen molar-refractivity contribution in [2.45, 2.75) is 46.3 Å². The van der Waals surface area contributed by atoms with Crippen LogP contribution in [-0.2, 0) is 4.74 Å². The third-order valence-corrected chi connectivity index (χ3v) is 3.02. The van der Waals surface area contributed by atoms with Crippen LogP contribution >= 0.6 is 0 Å². The molecule has 0 saturated heterocycles. The highest BCUT2D eigenvalue weighted by Gasteiger charge is 2.20. The Morgan fingerprint density at radius 3 is 2.19 bits per heavy atom. The smallest absolute Gasteiger partial charge is 0.408 e. The molecule has 1 aromatic carbocycles. The first-order valence-electron chi connectivity index (χ1n) is 7.02. The van der Waals surface area contributed by atoms with Crippen molar-refractivity contribution < 1.29 is 14.3 Å². The van der Waals surface area contributed by atoms with Gasteiger partial charge in [0.15, 0.2) is 0 Å². The third kappa shape index (κ3) is 4.93. The number of alkyl carbamates (subject to hydrolysis) is 1. The molecule has 5 nitrogen and oxygen atoms in total. The van der Waals surface area contributed by atoms with E-state index in [1.54, 1.807) is 7.11 Å². The SMILES string of the molecule is COc1c(C)cc(C(CN)NC(=O)OC(C)(C)C)cc1C. The van der Waals surface area contributed by atoms with E-state index in [0.29, 0.717) is 6.54 Å². The number of rotatable bonds is 4. The highest BCUT2D eigenvalue weighted by molar-refractivity contribution is 5.68. The van der Waals surface area contributed by atoms with Crippen LogP contribution in [0.5, 0.6) is 5.75 Å². The summed E-state index contributed by atoms with van der Waals surface area (Å²) in [6.45, 7) is 9.71. The molecule has 0 aromatic heterocycles. The minimum atomic E-state index is -0.533. The van der Waals surface area contributed by atoms with Gasteiger partial charge in [0.05, 0.1) is 13.2 Å². The molecule has 0 aliphatic heterocycles. The van der Waals surface area contributed by atoms with Crippen molar-refractivity contribution in [2.24, 2.45) is 5.73 Å². The maximum absolute atomic E-state index is 11.9. The molecular formula is C16H26N2O3. The molecule has 0 aliphatic carbocycles. The topological polar surface area (TPSA) is 73.6 Å². The van der Waals surface area contributed by atoms with Crippen molar-refractivity contribution in [2.75, 3.05) is 13.7 Å². The Morgan fingerprint density at radius 1 is 1.29 bits per heavy atom. The number of ether oxygens (including phenoxy) is 2. The summed E-state index contributed by atoms with van der Waals surface area (Å²) in [5.41, 5.74) is 8.22. The Hall–Kier alpha value is -1.75. The standard InChI is InChI=1S/C16H26N2O3/c1-10-7-12(8-11(2)14(10)20-6)13(9-17)18-15(19)21-16(3,4)5/h7-8,13H,9,17H2,1-6H3,(H,18,19). The second kappa shape index (κ2) is 6.80. The van der Waals surface area contributed by atoms with E-state index in [4.69, 9.17) is 15.2 Å². The normalized spacial score (nSPS) is 12.7. The molecular weight excluding hydrogens is 268 g/mol. The Balaban J connectivity index is 2.93. The first-order valence-corrected chi connectivity index (χ1v) is 7.02. The molecule has 0 aliphatic rings. The Labute approximate surface area is 126 Å². The van der Waals surface area contributed by atoms with Crippen molar-refractivity contribution >= 4 is 6.09 Å². The average molecular weight is 294 g/mol. The predicted octanol–water partition coefficient (Wildman–Crippen LogP) is 2.84. The minimum absolute atomic E-state index is 0.289. The molecule has 3 N–H and O–H groups in total. The number of amides is 1. The van der Waals surface area contributed by atoms with Crippen molar-refractivity contribution in [1.29, 1.82) is 0 Å². The fraction of sp³-hybridized carbons (Fsp3) is 0.562. The van der Waals surface area contributed by atoms with Crippen LogP contribution in [0.4, 0.5) is 4.79 Å². The molecule has 1 amide bonds. The van der Waals surface area contributed by atoms with Crippen molar-refractivity contribution in [1.82, 2.24) is 5.32 Å². The van der Waals surface area contributed by atoms with Crippen LogP contribution in [0.25, 0.3) is 0 Å². The second-order valence-electron chi connectivity index (χ2n) is 6.12. The van der Waals surface area contributed by atoms with Crippen LogP contribution in [0, 0.1) is 13.8 Å². The lowest BCUT2D eigenvalue weighted by Crippen LogP contribution is -2.37. The lowest BCUT2D eigenvalue weighted by molar-refractivity contribution is 0.0505. The molecule has 118 valence electrons. The van der Waals surface area contributed by atoms with E-state index in [2.05, 4.69) is 5.32 Å². The summed E-state index contributed by atoms with van der Waals surface area (Å²) in [7, 11) is 1.65. The molecule has 21 heavy (non-hydrogen) atoms. The number of carbonyl (C=O) groups excluding carboxylic acids is 1. The molecule has 1 atom stereocenters. The average Bonchev–Trinajstić information content (AvgIpc) is 2.33. The lowest BCUT2D eigenvalue weighted by Gasteiger charge is -2.24. The van der Waals surface area contributed by atoms with E-state index >= 15 is 0 Å². The van der Waals surface area contributed by atoms with Crippen LogP contribution in [-0.4, -0.2) is 25.3 Å². The van der Waals surface area contributed by atoms with Crippen LogP contribution in [0.15, 0.2) is 12.1 Å². The quantitative estimate of drug-likeness (QED) is 0.895. The predicted molar refractivity (Wildman–Crippen MR) is 83.6 cm³/mol. The van der Waals surface area contributed by atoms with Crippen molar-refractivity contribution in [3.8, 4) is 5.75 Å². The number of nitrogens with two attached hydrogens (primary N) is 1. The molecule has 0 heterocycles. The number of carbonyl (C=O) groups is 1. The fourth-order valence-corrected chi connectivity index (χ4v) is 2.24. The van der Waals surface area contributed by atoms with Gasteiger partial charge < -0.3 is 20.5 Å². The summed E-state index contributed by atoms with van der Waals surface area (Å²) in [6.07, 6.45) is -0.468. The van der Waals surface area contributed by atoms with Gasteiger partial charge in [-0.1, -0.05) is 12.1 Å². The van der Waals surface area contributed by atoms with Crippen LogP contribution in [0.1, 0.15) is 43.5 Å². The van der Waals surface area contributed by atoms with E-state index in [1.807, 2.05) is 46.8 Å². The van der Waals surface area contributed by atoms with Gasteiger partial charge in [0.1, 0.15) is 11.4 Å². The van der Waals surface area contributed by atoms with Gasteiger partial charge in [-0.3, -0.25) is 0 Å². The zero-order valence-corrected chi connectivity index (χ0v) is 13.7. The van der Waals surface area contributed by atoms with Crippen LogP contribution in [0.3, 0.4) is 0 Å². The van der Waals surface area contributed by atoms with E-state index in [-0.39, 0.29) is 6.04 Å². The first-order chi connectivity index (χ1) is 9.67. The zero-order chi connectivity index (χ0) is 16.2. The molecule has 0 spiro atoms. The van der Waals surface area contributed by atoms with Gasteiger partial charge in [0.25, 0.3) is 0 Å². The van der Waals surface area contributed by atoms with Gasteiger partial charge in [0.2, 0.25) is 0 Å². The van der Waals surface area contributed by atoms with Gasteiger partial charge in [-0.15, -0.1) is 0 Å². The number of benzene rings is 1. The highest BCUT2D eigenvalue weighted by Crippen LogP contribution is 2.27. The molecule has 0 fully saturated rings. The van der Waals surface area contributed by atoms with Gasteiger partial charge in [-0.05, 0) is 51.3 Å². The Bertz CT molecular complexity index is 484. The number of nitrogens with one attached hydrogen (secondary N) is 1. The van der Waals surface area contributed by atoms with Gasteiger partial charge in [-0.25, -0.2) is 4.79 Å². The van der Waals surface area contributed by atoms with E-state index in [0.717, 1.165) is 22.4 Å². The number of hydrogen-bond acceptors (Lipinski definition) is 4. The Kier molecular flexibility index (Phi) is 5.61. The summed E-state index contributed by atoms with van der Waals surface area (Å²) < 4.78 is 10.6. The van der Waals surface area contributed by atoms with Crippen molar-refractivity contribution in [3.05, 3.63) is 28.8 Å². The molecule has 1 rings (SSSR count). The molecule has 0 bridgehead atoms. The van der Waals surface area contributed by atoms with E-state index in [9.17, 15) is 4.79 Å². The number of methoxy groups -OCH3 is 1. The Morgan fingerprint density at radius 2 is 1.81 bits per heavy atom. The summed E-state index contributed by atoms with van der Waals surface area (Å²) in [4.78, 5) is 11.9. The maximum Gasteiger partial charge on any atom is 0.408 e. The highest BCUT2D eigenvalue weighted by atomic mass is 16.6. The summed E-state index contributed by atoms with van der Waals surface area (Å²) >= 11 is 0. The monoisotopic (exact) mass is 294 g/mol. The second-order valence-corrected chi connectivity index (χ2v) is 6.12. The van der Waals surface area contributed by atoms with Crippen molar-refractivity contribution in [3.63, 3.8) is 0 Å². The molecule has 0 saturated carbocycles. The lowest BCUT2D eigenvalue weighted by atomic mass is 10.0. The van der Waals surface area contributed by atoms with Gasteiger partial charge in [0, 0.05) is 6.54 Å². The maximum atomic E-state index is 11.9. The fourth-order valence-electron chi connectivity index (χ4n) is 2.24.